The number of phosphoric acid groups is 3. The molecule has 1 fully saturated rings. The lowest BCUT2D eigenvalue weighted by Crippen LogP contribution is -2.48. The highest BCUT2D eigenvalue weighted by atomic mass is 35.5. The van der Waals surface area contributed by atoms with Crippen LogP contribution in [0.5, 0.6) is 0 Å². The average Bonchev–Trinajstić information content (AvgIpc) is 2.82. The van der Waals surface area contributed by atoms with Gasteiger partial charge in [0.2, 0.25) is 0 Å². The summed E-state index contributed by atoms with van der Waals surface area (Å²) in [5.74, 6) is 0. The molecule has 6 N–H and O–H groups in total. The van der Waals surface area contributed by atoms with Crippen LogP contribution < -0.4 is 11.2 Å². The molecule has 2 rings (SSSR count). The Morgan fingerprint density at radius 3 is 2.32 bits per heavy atom. The maximum Gasteiger partial charge on any atom is 0.490 e. The predicted molar refractivity (Wildman–Crippen MR) is 95.6 cm³/mol. The number of alkyl halides is 2. The van der Waals surface area contributed by atoms with E-state index in [2.05, 4.69) is 13.1 Å². The Bertz CT molecular complexity index is 1070. The van der Waals surface area contributed by atoms with Gasteiger partial charge in [-0.2, -0.15) is 8.62 Å². The largest absolute Gasteiger partial charge is 0.490 e. The van der Waals surface area contributed by atoms with Crippen molar-refractivity contribution in [2.75, 3.05) is 13.3 Å². The van der Waals surface area contributed by atoms with Gasteiger partial charge in [0.25, 0.3) is 5.56 Å². The average molecular weight is 535 g/mol. The highest BCUT2D eigenvalue weighted by Crippen LogP contribution is 2.66. The molecule has 2 unspecified atom stereocenters. The van der Waals surface area contributed by atoms with E-state index in [1.165, 1.54) is 0 Å². The summed E-state index contributed by atoms with van der Waals surface area (Å²) >= 11 is 5.96. The molecule has 0 bridgehead atoms. The fourth-order valence-electron chi connectivity index (χ4n) is 2.42. The van der Waals surface area contributed by atoms with Crippen molar-refractivity contribution in [3.63, 3.8) is 0 Å². The van der Waals surface area contributed by atoms with Gasteiger partial charge in [0.1, 0.15) is 18.2 Å². The van der Waals surface area contributed by atoms with Crippen molar-refractivity contribution in [3.8, 4) is 0 Å². The normalized spacial score (nSPS) is 30.6. The molecular formula is C10H15ClFN2O14P3. The van der Waals surface area contributed by atoms with Crippen LogP contribution in [0.4, 0.5) is 4.39 Å². The second kappa shape index (κ2) is 9.23. The van der Waals surface area contributed by atoms with E-state index in [0.29, 0.717) is 4.57 Å². The summed E-state index contributed by atoms with van der Waals surface area (Å²) in [5, 5.41) is 8.71. The van der Waals surface area contributed by atoms with Crippen molar-refractivity contribution in [2.24, 2.45) is 0 Å². The van der Waals surface area contributed by atoms with E-state index in [9.17, 15) is 37.7 Å². The maximum atomic E-state index is 13.8. The molecule has 1 aliphatic rings. The molecule has 1 aliphatic heterocycles. The first-order valence-electron chi connectivity index (χ1n) is 7.67. The minimum Gasteiger partial charge on any atom is -0.388 e. The van der Waals surface area contributed by atoms with Gasteiger partial charge in [-0.1, -0.05) is 0 Å². The Labute approximate surface area is 175 Å². The summed E-state index contributed by atoms with van der Waals surface area (Å²) in [7, 11) is -17.1. The Morgan fingerprint density at radius 2 is 1.81 bits per heavy atom. The third-order valence-corrected chi connectivity index (χ3v) is 7.94. The van der Waals surface area contributed by atoms with Gasteiger partial charge in [-0.3, -0.25) is 18.9 Å². The number of hydrogen-bond acceptors (Lipinski definition) is 10. The molecule has 0 aliphatic carbocycles. The Hall–Kier alpha value is -0.770. The first-order chi connectivity index (χ1) is 14.0. The first-order valence-corrected chi connectivity index (χ1v) is 12.6. The van der Waals surface area contributed by atoms with Gasteiger partial charge in [0, 0.05) is 12.3 Å². The predicted octanol–water partition coefficient (Wildman–Crippen LogP) is -0.915. The first kappa shape index (κ1) is 26.5. The van der Waals surface area contributed by atoms with Crippen LogP contribution in [0.25, 0.3) is 0 Å². The Morgan fingerprint density at radius 1 is 1.19 bits per heavy atom. The molecule has 6 atom stereocenters. The zero-order valence-electron chi connectivity index (χ0n) is 14.8. The van der Waals surface area contributed by atoms with E-state index in [4.69, 9.17) is 31.0 Å². The number of hydrogen-bond donors (Lipinski definition) is 6. The summed E-state index contributed by atoms with van der Waals surface area (Å²) in [4.78, 5) is 60.4. The molecule has 0 saturated carbocycles. The molecule has 1 aromatic heterocycles. The minimum atomic E-state index is -5.83. The molecule has 31 heavy (non-hydrogen) atoms. The lowest BCUT2D eigenvalue weighted by atomic mass is 9.99. The summed E-state index contributed by atoms with van der Waals surface area (Å²) in [6.45, 7) is -2.98. The van der Waals surface area contributed by atoms with Crippen molar-refractivity contribution in [3.05, 3.63) is 33.1 Å². The van der Waals surface area contributed by atoms with E-state index < -0.39 is 71.3 Å². The molecule has 1 saturated heterocycles. The van der Waals surface area contributed by atoms with Crippen molar-refractivity contribution >= 4 is 35.1 Å². The number of halogens is 2. The SMILES string of the molecule is O=c1ccn([C@@H]2O[C@](CF)(COP(=O)(O)OP(=O)(O)OP(=O)(O)O)[C@@H](O)[C@H]2Cl)c(=O)[nH]1. The Kier molecular flexibility index (Phi) is 7.89. The number of aromatic amines is 1. The minimum absolute atomic E-state index is 0.685. The number of ether oxygens (including phenoxy) is 1. The number of phosphoric ester groups is 1. The van der Waals surface area contributed by atoms with Crippen molar-refractivity contribution in [2.45, 2.75) is 23.3 Å². The molecule has 16 nitrogen and oxygen atoms in total. The number of aromatic nitrogens is 2. The molecule has 21 heteroatoms. The van der Waals surface area contributed by atoms with Gasteiger partial charge < -0.3 is 29.4 Å². The number of H-pyrrole nitrogens is 1. The van der Waals surface area contributed by atoms with Crippen molar-refractivity contribution in [1.29, 1.82) is 0 Å². The molecular weight excluding hydrogens is 519 g/mol. The van der Waals surface area contributed by atoms with E-state index >= 15 is 0 Å². The second-order valence-electron chi connectivity index (χ2n) is 5.98. The van der Waals surface area contributed by atoms with Crippen LogP contribution in [0.3, 0.4) is 0 Å². The summed E-state index contributed by atoms with van der Waals surface area (Å²) in [6.07, 6.45) is -2.67. The van der Waals surface area contributed by atoms with E-state index in [1.54, 1.807) is 0 Å². The number of aliphatic hydroxyl groups is 1. The van der Waals surface area contributed by atoms with Gasteiger partial charge in [0.05, 0.1) is 6.61 Å². The molecule has 0 aromatic carbocycles. The number of rotatable bonds is 9. The van der Waals surface area contributed by atoms with E-state index in [0.717, 1.165) is 12.3 Å². The fraction of sp³-hybridized carbons (Fsp3) is 0.600. The fourth-order valence-corrected chi connectivity index (χ4v) is 5.90. The van der Waals surface area contributed by atoms with Crippen LogP contribution in [0.2, 0.25) is 0 Å². The zero-order chi connectivity index (χ0) is 23.8. The zero-order valence-corrected chi connectivity index (χ0v) is 18.2. The molecule has 178 valence electrons. The summed E-state index contributed by atoms with van der Waals surface area (Å²) in [5.41, 5.74) is -4.33. The summed E-state index contributed by atoms with van der Waals surface area (Å²) < 4.78 is 64.7. The topological polar surface area (TPSA) is 244 Å². The second-order valence-corrected chi connectivity index (χ2v) is 10.9. The lowest BCUT2D eigenvalue weighted by molar-refractivity contribution is -0.135. The van der Waals surface area contributed by atoms with Crippen molar-refractivity contribution in [1.82, 2.24) is 9.55 Å². The van der Waals surface area contributed by atoms with Crippen LogP contribution in [0.1, 0.15) is 6.23 Å². The van der Waals surface area contributed by atoms with Crippen LogP contribution >= 0.6 is 35.1 Å². The van der Waals surface area contributed by atoms with Crippen LogP contribution in [0.15, 0.2) is 21.9 Å². The number of nitrogens with one attached hydrogen (secondary N) is 1. The maximum absolute atomic E-state index is 13.8. The van der Waals surface area contributed by atoms with Crippen molar-refractivity contribution < 1.29 is 60.6 Å². The molecule has 0 amide bonds. The van der Waals surface area contributed by atoms with E-state index in [1.807, 2.05) is 4.98 Å². The molecule has 0 spiro atoms. The van der Waals surface area contributed by atoms with Crippen LogP contribution in [-0.2, 0) is 31.6 Å². The molecule has 2 heterocycles. The number of aliphatic hydroxyl groups excluding tert-OH is 1. The third kappa shape index (κ3) is 6.62. The van der Waals surface area contributed by atoms with Gasteiger partial charge in [-0.25, -0.2) is 22.9 Å². The van der Waals surface area contributed by atoms with Gasteiger partial charge in [-0.05, 0) is 0 Å². The highest BCUT2D eigenvalue weighted by Gasteiger charge is 2.56. The highest BCUT2D eigenvalue weighted by molar-refractivity contribution is 7.66. The quantitative estimate of drug-likeness (QED) is 0.166. The lowest BCUT2D eigenvalue weighted by Gasteiger charge is -2.29. The van der Waals surface area contributed by atoms with Crippen LogP contribution in [-0.4, -0.2) is 64.6 Å². The summed E-state index contributed by atoms with van der Waals surface area (Å²) in [6, 6.07) is 0.891. The van der Waals surface area contributed by atoms with Gasteiger partial charge in [-0.15, -0.1) is 11.6 Å². The van der Waals surface area contributed by atoms with E-state index in [-0.39, 0.29) is 0 Å². The third-order valence-electron chi connectivity index (χ3n) is 3.71. The Balaban J connectivity index is 2.21. The monoisotopic (exact) mass is 534 g/mol. The smallest absolute Gasteiger partial charge is 0.388 e. The van der Waals surface area contributed by atoms with Gasteiger partial charge >= 0.3 is 29.2 Å². The molecule has 1 aromatic rings. The van der Waals surface area contributed by atoms with Crippen LogP contribution in [0, 0.1) is 0 Å². The number of nitrogens with zero attached hydrogens (tertiary/aromatic N) is 1. The molecule has 0 radical (unpaired) electrons. The van der Waals surface area contributed by atoms with Gasteiger partial charge in [0.15, 0.2) is 11.8 Å². The standard InChI is InChI=1S/C10H15ClFN2O14P3/c11-6-7(16)10(3-12,26-8(6)14-2-1-5(15)13-9(14)17)4-25-30(21,22)28-31(23,24)27-29(18,19)20/h1-2,6-8,16H,3-4H2,(H,21,22)(H,23,24)(H,13,15,17)(H2,18,19,20)/t6-,7+,8-,10-/m1/s1.